The molecular formula is C24H46O5S. The van der Waals surface area contributed by atoms with Gasteiger partial charge in [0.25, 0.3) is 0 Å². The molecule has 0 bridgehead atoms. The molecule has 0 saturated heterocycles. The van der Waals surface area contributed by atoms with Crippen LogP contribution in [0.3, 0.4) is 0 Å². The fraction of sp³-hybridized carbons (Fsp3) is 0.917. The Hall–Kier alpha value is -0.750. The molecule has 30 heavy (non-hydrogen) atoms. The molecule has 0 aliphatic carbocycles. The number of carbonyl (C=O) groups is 2. The first-order valence-electron chi connectivity index (χ1n) is 12.2. The molecule has 0 fully saturated rings. The largest absolute Gasteiger partial charge is 0.465 e. The Morgan fingerprint density at radius 1 is 0.600 bits per heavy atom. The SMILES string of the molecule is CCCCCCCCCCCCCCCCCCOC(=O)CSCC(=O)OCCO. The van der Waals surface area contributed by atoms with E-state index in [1.807, 2.05) is 0 Å². The van der Waals surface area contributed by atoms with E-state index >= 15 is 0 Å². The molecular weight excluding hydrogens is 400 g/mol. The van der Waals surface area contributed by atoms with E-state index in [4.69, 9.17) is 14.6 Å². The molecule has 0 radical (unpaired) electrons. The summed E-state index contributed by atoms with van der Waals surface area (Å²) in [4.78, 5) is 22.8. The van der Waals surface area contributed by atoms with Crippen molar-refractivity contribution in [3.63, 3.8) is 0 Å². The van der Waals surface area contributed by atoms with Crippen LogP contribution in [0.4, 0.5) is 0 Å². The van der Waals surface area contributed by atoms with Gasteiger partial charge in [0.1, 0.15) is 6.61 Å². The van der Waals surface area contributed by atoms with Crippen molar-refractivity contribution < 1.29 is 24.2 Å². The van der Waals surface area contributed by atoms with Crippen LogP contribution in [0, 0.1) is 0 Å². The summed E-state index contributed by atoms with van der Waals surface area (Å²) >= 11 is 1.18. The highest BCUT2D eigenvalue weighted by Gasteiger charge is 2.07. The number of aliphatic hydroxyl groups excluding tert-OH is 1. The molecule has 0 amide bonds. The van der Waals surface area contributed by atoms with Crippen molar-refractivity contribution in [2.75, 3.05) is 31.3 Å². The third-order valence-electron chi connectivity index (χ3n) is 5.06. The van der Waals surface area contributed by atoms with E-state index in [0.29, 0.717) is 6.61 Å². The quantitative estimate of drug-likeness (QED) is 0.152. The summed E-state index contributed by atoms with van der Waals surface area (Å²) in [5.74, 6) is -0.433. The van der Waals surface area contributed by atoms with Crippen molar-refractivity contribution in [3.8, 4) is 0 Å². The number of rotatable bonds is 23. The molecule has 0 aliphatic rings. The van der Waals surface area contributed by atoms with Crippen LogP contribution in [0.25, 0.3) is 0 Å². The van der Waals surface area contributed by atoms with E-state index < -0.39 is 5.97 Å². The van der Waals surface area contributed by atoms with Crippen LogP contribution in [-0.4, -0.2) is 48.4 Å². The van der Waals surface area contributed by atoms with Gasteiger partial charge in [-0.1, -0.05) is 103 Å². The molecule has 1 N–H and O–H groups in total. The normalized spacial score (nSPS) is 10.9. The summed E-state index contributed by atoms with van der Waals surface area (Å²) in [5.41, 5.74) is 0. The monoisotopic (exact) mass is 446 g/mol. The number of unbranched alkanes of at least 4 members (excludes halogenated alkanes) is 15. The highest BCUT2D eigenvalue weighted by Crippen LogP contribution is 2.13. The van der Waals surface area contributed by atoms with Gasteiger partial charge in [0, 0.05) is 0 Å². The minimum absolute atomic E-state index is 0.00307. The molecule has 0 aliphatic heterocycles. The second-order valence-corrected chi connectivity index (χ2v) is 8.95. The molecule has 0 unspecified atom stereocenters. The number of ether oxygens (including phenoxy) is 2. The van der Waals surface area contributed by atoms with Crippen LogP contribution in [0.5, 0.6) is 0 Å². The van der Waals surface area contributed by atoms with E-state index in [1.165, 1.54) is 102 Å². The fourth-order valence-corrected chi connectivity index (χ4v) is 3.90. The van der Waals surface area contributed by atoms with Gasteiger partial charge in [-0.3, -0.25) is 9.59 Å². The van der Waals surface area contributed by atoms with Gasteiger partial charge in [0.05, 0.1) is 24.7 Å². The molecule has 0 aromatic rings. The van der Waals surface area contributed by atoms with Gasteiger partial charge >= 0.3 is 11.9 Å². The molecule has 0 rings (SSSR count). The van der Waals surface area contributed by atoms with Gasteiger partial charge in [-0.05, 0) is 6.42 Å². The lowest BCUT2D eigenvalue weighted by atomic mass is 10.0. The molecule has 0 heterocycles. The van der Waals surface area contributed by atoms with E-state index in [0.717, 1.165) is 12.8 Å². The second-order valence-electron chi connectivity index (χ2n) is 7.96. The summed E-state index contributed by atoms with van der Waals surface area (Å²) < 4.78 is 9.88. The maximum atomic E-state index is 11.6. The minimum atomic E-state index is -0.417. The summed E-state index contributed by atoms with van der Waals surface area (Å²) in [6, 6.07) is 0. The van der Waals surface area contributed by atoms with Crippen LogP contribution in [0.2, 0.25) is 0 Å². The molecule has 0 aromatic carbocycles. The predicted molar refractivity (Wildman–Crippen MR) is 126 cm³/mol. The maximum Gasteiger partial charge on any atom is 0.315 e. The number of carbonyl (C=O) groups excluding carboxylic acids is 2. The van der Waals surface area contributed by atoms with Gasteiger partial charge in [-0.15, -0.1) is 11.8 Å². The first kappa shape index (κ1) is 29.2. The number of hydrogen-bond donors (Lipinski definition) is 1. The Morgan fingerprint density at radius 2 is 0.967 bits per heavy atom. The maximum absolute atomic E-state index is 11.6. The minimum Gasteiger partial charge on any atom is -0.465 e. The van der Waals surface area contributed by atoms with Gasteiger partial charge in [-0.25, -0.2) is 0 Å². The Balaban J connectivity index is 3.18. The van der Waals surface area contributed by atoms with Crippen LogP contribution >= 0.6 is 11.8 Å². The zero-order chi connectivity index (χ0) is 22.1. The highest BCUT2D eigenvalue weighted by atomic mass is 32.2. The molecule has 0 aromatic heterocycles. The van der Waals surface area contributed by atoms with Crippen molar-refractivity contribution in [1.29, 1.82) is 0 Å². The average molecular weight is 447 g/mol. The lowest BCUT2D eigenvalue weighted by molar-refractivity contribution is -0.141. The van der Waals surface area contributed by atoms with Crippen LogP contribution in [-0.2, 0) is 19.1 Å². The lowest BCUT2D eigenvalue weighted by Gasteiger charge is -2.05. The number of hydrogen-bond acceptors (Lipinski definition) is 6. The number of aliphatic hydroxyl groups is 1. The standard InChI is InChI=1S/C24H46O5S/c1-2-3-4-5-6-7-8-9-10-11-12-13-14-15-16-17-19-28-23(26)21-30-22-24(27)29-20-18-25/h25H,2-22H2,1H3. The summed E-state index contributed by atoms with van der Waals surface area (Å²) in [7, 11) is 0. The zero-order valence-electron chi connectivity index (χ0n) is 19.3. The number of thioether (sulfide) groups is 1. The van der Waals surface area contributed by atoms with Gasteiger partial charge in [0.2, 0.25) is 0 Å². The van der Waals surface area contributed by atoms with Crippen molar-refractivity contribution in [3.05, 3.63) is 0 Å². The molecule has 178 valence electrons. The Bertz CT molecular complexity index is 390. The van der Waals surface area contributed by atoms with E-state index in [9.17, 15) is 9.59 Å². The molecule has 6 heteroatoms. The average Bonchev–Trinajstić information content (AvgIpc) is 2.74. The number of esters is 2. The zero-order valence-corrected chi connectivity index (χ0v) is 20.2. The summed E-state index contributed by atoms with van der Waals surface area (Å²) in [6.07, 6.45) is 21.2. The third kappa shape index (κ3) is 23.5. The van der Waals surface area contributed by atoms with Crippen LogP contribution < -0.4 is 0 Å². The van der Waals surface area contributed by atoms with Gasteiger partial charge < -0.3 is 14.6 Å². The first-order chi connectivity index (χ1) is 14.7. The fourth-order valence-electron chi connectivity index (χ4n) is 3.30. The van der Waals surface area contributed by atoms with Gasteiger partial charge in [0.15, 0.2) is 0 Å². The predicted octanol–water partition coefficient (Wildman–Crippen LogP) is 6.06. The van der Waals surface area contributed by atoms with Crippen molar-refractivity contribution in [2.24, 2.45) is 0 Å². The molecule has 0 saturated carbocycles. The van der Waals surface area contributed by atoms with Crippen molar-refractivity contribution in [2.45, 2.75) is 110 Å². The smallest absolute Gasteiger partial charge is 0.315 e. The topological polar surface area (TPSA) is 72.8 Å². The molecule has 0 atom stereocenters. The van der Waals surface area contributed by atoms with Gasteiger partial charge in [-0.2, -0.15) is 0 Å². The van der Waals surface area contributed by atoms with E-state index in [1.54, 1.807) is 0 Å². The third-order valence-corrected chi connectivity index (χ3v) is 5.93. The first-order valence-corrected chi connectivity index (χ1v) is 13.4. The van der Waals surface area contributed by atoms with Crippen molar-refractivity contribution in [1.82, 2.24) is 0 Å². The van der Waals surface area contributed by atoms with Crippen LogP contribution in [0.15, 0.2) is 0 Å². The Labute approximate surface area is 189 Å². The lowest BCUT2D eigenvalue weighted by Crippen LogP contribution is -2.13. The van der Waals surface area contributed by atoms with Crippen molar-refractivity contribution >= 4 is 23.7 Å². The van der Waals surface area contributed by atoms with E-state index in [2.05, 4.69) is 6.92 Å². The molecule has 5 nitrogen and oxygen atoms in total. The summed E-state index contributed by atoms with van der Waals surface area (Å²) in [6.45, 7) is 2.56. The second kappa shape index (κ2) is 24.5. The van der Waals surface area contributed by atoms with Crippen LogP contribution in [0.1, 0.15) is 110 Å². The highest BCUT2D eigenvalue weighted by molar-refractivity contribution is 8.00. The molecule has 0 spiro atoms. The Kier molecular flexibility index (Phi) is 23.9. The summed E-state index contributed by atoms with van der Waals surface area (Å²) in [5, 5.41) is 8.55. The van der Waals surface area contributed by atoms with E-state index in [-0.39, 0.29) is 30.7 Å². The Morgan fingerprint density at radius 3 is 1.37 bits per heavy atom.